The molecule has 9 heteroatoms. The van der Waals surface area contributed by atoms with Crippen molar-refractivity contribution in [3.63, 3.8) is 0 Å². The molecule has 2 N–H and O–H groups in total. The first-order valence-electron chi connectivity index (χ1n) is 7.80. The summed E-state index contributed by atoms with van der Waals surface area (Å²) in [6, 6.07) is 9.15. The Morgan fingerprint density at radius 3 is 2.54 bits per heavy atom. The number of anilines is 1. The van der Waals surface area contributed by atoms with Gasteiger partial charge in [-0.15, -0.1) is 5.10 Å². The van der Waals surface area contributed by atoms with Gasteiger partial charge in [-0.05, 0) is 29.8 Å². The van der Waals surface area contributed by atoms with Crippen LogP contribution in [0.1, 0.15) is 5.56 Å². The van der Waals surface area contributed by atoms with E-state index in [9.17, 15) is 0 Å². The molecule has 0 fully saturated rings. The second-order valence-corrected chi connectivity index (χ2v) is 5.55. The van der Waals surface area contributed by atoms with E-state index >= 15 is 0 Å². The predicted molar refractivity (Wildman–Crippen MR) is 93.9 cm³/mol. The highest BCUT2D eigenvalue weighted by Crippen LogP contribution is 2.27. The number of benzene rings is 1. The molecule has 0 aliphatic carbocycles. The molecule has 0 unspecified atom stereocenters. The molecule has 3 aromatic heterocycles. The molecule has 0 aliphatic heterocycles. The number of hydrogen-bond donors (Lipinski definition) is 1. The Morgan fingerprint density at radius 2 is 1.88 bits per heavy atom. The minimum absolute atomic E-state index is 0.121. The Bertz CT molecular complexity index is 1040. The van der Waals surface area contributed by atoms with Gasteiger partial charge in [0.05, 0.1) is 27.0 Å². The summed E-state index contributed by atoms with van der Waals surface area (Å²) in [7, 11) is 3.21. The fraction of sp³-hybridized carbons (Fsp3) is 0.176. The normalized spacial score (nSPS) is 11.0. The maximum Gasteiger partial charge on any atom is 0.222 e. The first-order chi connectivity index (χ1) is 12.7. The number of ether oxygens (including phenoxy) is 2. The zero-order valence-corrected chi connectivity index (χ0v) is 14.2. The number of nitrogens with two attached hydrogens (primary N) is 1. The highest BCUT2D eigenvalue weighted by Gasteiger charge is 2.17. The van der Waals surface area contributed by atoms with Gasteiger partial charge in [-0.1, -0.05) is 5.21 Å². The molecule has 0 saturated carbocycles. The van der Waals surface area contributed by atoms with Gasteiger partial charge >= 0.3 is 0 Å². The third-order valence-electron chi connectivity index (χ3n) is 3.88. The van der Waals surface area contributed by atoms with Gasteiger partial charge in [0.15, 0.2) is 16.9 Å². The fourth-order valence-corrected chi connectivity index (χ4v) is 2.70. The second-order valence-electron chi connectivity index (χ2n) is 5.55. The van der Waals surface area contributed by atoms with Crippen molar-refractivity contribution in [2.75, 3.05) is 20.0 Å². The number of hydrogen-bond acceptors (Lipinski definition) is 8. The van der Waals surface area contributed by atoms with Crippen LogP contribution in [0.2, 0.25) is 0 Å². The Balaban J connectivity index is 1.79. The molecular formula is C17H16N6O3. The van der Waals surface area contributed by atoms with Crippen molar-refractivity contribution in [2.45, 2.75) is 6.54 Å². The monoisotopic (exact) mass is 352 g/mol. The third kappa shape index (κ3) is 2.79. The summed E-state index contributed by atoms with van der Waals surface area (Å²) >= 11 is 0. The van der Waals surface area contributed by atoms with Crippen molar-refractivity contribution in [3.05, 3.63) is 42.2 Å². The Labute approximate surface area is 148 Å². The fourth-order valence-electron chi connectivity index (χ4n) is 2.70. The van der Waals surface area contributed by atoms with E-state index in [-0.39, 0.29) is 5.95 Å². The van der Waals surface area contributed by atoms with Crippen molar-refractivity contribution < 1.29 is 13.9 Å². The molecule has 0 bridgehead atoms. The molecule has 1 aromatic carbocycles. The van der Waals surface area contributed by atoms with E-state index in [1.807, 2.05) is 12.1 Å². The SMILES string of the molecule is COc1cc(Cn2nnc3c(-c4ccco4)nc(N)nc32)cc(OC)c1. The van der Waals surface area contributed by atoms with Crippen LogP contribution in [0.3, 0.4) is 0 Å². The summed E-state index contributed by atoms with van der Waals surface area (Å²) in [6.07, 6.45) is 1.56. The lowest BCUT2D eigenvalue weighted by molar-refractivity contribution is 0.393. The lowest BCUT2D eigenvalue weighted by atomic mass is 10.2. The molecule has 9 nitrogen and oxygen atoms in total. The summed E-state index contributed by atoms with van der Waals surface area (Å²) in [5.74, 6) is 2.05. The zero-order chi connectivity index (χ0) is 18.1. The van der Waals surface area contributed by atoms with Crippen molar-refractivity contribution >= 4 is 17.1 Å². The van der Waals surface area contributed by atoms with E-state index in [4.69, 9.17) is 19.6 Å². The topological polar surface area (TPSA) is 114 Å². The number of aromatic nitrogens is 5. The quantitative estimate of drug-likeness (QED) is 0.581. The van der Waals surface area contributed by atoms with E-state index in [1.54, 1.807) is 43.4 Å². The molecule has 4 aromatic rings. The first-order valence-corrected chi connectivity index (χ1v) is 7.80. The van der Waals surface area contributed by atoms with Gasteiger partial charge in [0.2, 0.25) is 5.95 Å². The summed E-state index contributed by atoms with van der Waals surface area (Å²) in [6.45, 7) is 0.415. The lowest BCUT2D eigenvalue weighted by Crippen LogP contribution is -2.05. The van der Waals surface area contributed by atoms with E-state index in [0.29, 0.717) is 40.7 Å². The number of fused-ring (bicyclic) bond motifs is 1. The number of nitrogen functional groups attached to an aromatic ring is 1. The summed E-state index contributed by atoms with van der Waals surface area (Å²) in [5.41, 5.74) is 8.34. The molecule has 4 rings (SSSR count). The summed E-state index contributed by atoms with van der Waals surface area (Å²) < 4.78 is 17.7. The predicted octanol–water partition coefficient (Wildman–Crippen LogP) is 2.13. The van der Waals surface area contributed by atoms with Gasteiger partial charge in [0.25, 0.3) is 0 Å². The highest BCUT2D eigenvalue weighted by molar-refractivity contribution is 5.85. The van der Waals surface area contributed by atoms with Gasteiger partial charge in [-0.2, -0.15) is 4.98 Å². The summed E-state index contributed by atoms with van der Waals surface area (Å²) in [5, 5.41) is 8.41. The number of methoxy groups -OCH3 is 2. The second kappa shape index (κ2) is 6.36. The molecule has 0 atom stereocenters. The standard InChI is InChI=1S/C17H16N6O3/c1-24-11-6-10(7-12(8-11)25-2)9-23-16-15(21-22-23)14(19-17(18)20-16)13-4-3-5-26-13/h3-8H,9H2,1-2H3,(H2,18,19,20). The van der Waals surface area contributed by atoms with E-state index in [0.717, 1.165) is 5.56 Å². The average molecular weight is 352 g/mol. The molecule has 0 saturated heterocycles. The molecule has 0 radical (unpaired) electrons. The highest BCUT2D eigenvalue weighted by atomic mass is 16.5. The minimum Gasteiger partial charge on any atom is -0.497 e. The Kier molecular flexibility index (Phi) is 3.88. The molecule has 0 spiro atoms. The molecule has 132 valence electrons. The Morgan fingerprint density at radius 1 is 1.12 bits per heavy atom. The largest absolute Gasteiger partial charge is 0.497 e. The maximum atomic E-state index is 5.87. The summed E-state index contributed by atoms with van der Waals surface area (Å²) in [4.78, 5) is 8.52. The van der Waals surface area contributed by atoms with Crippen LogP contribution >= 0.6 is 0 Å². The molecular weight excluding hydrogens is 336 g/mol. The van der Waals surface area contributed by atoms with Crippen LogP contribution in [0.15, 0.2) is 41.0 Å². The van der Waals surface area contributed by atoms with Crippen LogP contribution in [0.5, 0.6) is 11.5 Å². The van der Waals surface area contributed by atoms with Gasteiger partial charge in [-0.25, -0.2) is 9.67 Å². The molecule has 3 heterocycles. The maximum absolute atomic E-state index is 5.87. The zero-order valence-electron chi connectivity index (χ0n) is 14.2. The van der Waals surface area contributed by atoms with Crippen LogP contribution in [0.4, 0.5) is 5.95 Å². The first kappa shape index (κ1) is 15.9. The van der Waals surface area contributed by atoms with Crippen LogP contribution < -0.4 is 15.2 Å². The van der Waals surface area contributed by atoms with Crippen LogP contribution in [0, 0.1) is 0 Å². The molecule has 0 aliphatic rings. The van der Waals surface area contributed by atoms with Crippen molar-refractivity contribution in [1.29, 1.82) is 0 Å². The Hall–Kier alpha value is -3.62. The van der Waals surface area contributed by atoms with Crippen LogP contribution in [0.25, 0.3) is 22.6 Å². The van der Waals surface area contributed by atoms with Gasteiger partial charge in [0, 0.05) is 6.07 Å². The minimum atomic E-state index is 0.121. The van der Waals surface area contributed by atoms with E-state index in [1.165, 1.54) is 0 Å². The van der Waals surface area contributed by atoms with Crippen LogP contribution in [-0.4, -0.2) is 39.2 Å². The van der Waals surface area contributed by atoms with Gasteiger partial charge in [0.1, 0.15) is 17.2 Å². The van der Waals surface area contributed by atoms with Crippen LogP contribution in [-0.2, 0) is 6.54 Å². The average Bonchev–Trinajstić information content (AvgIpc) is 3.31. The number of rotatable bonds is 5. The van der Waals surface area contributed by atoms with Crippen molar-refractivity contribution in [1.82, 2.24) is 25.0 Å². The van der Waals surface area contributed by atoms with Crippen molar-refractivity contribution in [2.24, 2.45) is 0 Å². The third-order valence-corrected chi connectivity index (χ3v) is 3.88. The molecule has 0 amide bonds. The smallest absolute Gasteiger partial charge is 0.222 e. The number of furan rings is 1. The van der Waals surface area contributed by atoms with Gasteiger partial charge < -0.3 is 19.6 Å². The van der Waals surface area contributed by atoms with Gasteiger partial charge in [-0.3, -0.25) is 0 Å². The van der Waals surface area contributed by atoms with Crippen molar-refractivity contribution in [3.8, 4) is 23.0 Å². The number of nitrogens with zero attached hydrogens (tertiary/aromatic N) is 5. The van der Waals surface area contributed by atoms with E-state index < -0.39 is 0 Å². The van der Waals surface area contributed by atoms with E-state index in [2.05, 4.69) is 20.3 Å². The lowest BCUT2D eigenvalue weighted by Gasteiger charge is -2.08. The molecule has 26 heavy (non-hydrogen) atoms.